The Balaban J connectivity index is 1.90. The Morgan fingerprint density at radius 2 is 1.90 bits per heavy atom. The lowest BCUT2D eigenvalue weighted by Crippen LogP contribution is -2.06. The zero-order valence-electron chi connectivity index (χ0n) is 11.2. The number of hydrogen-bond acceptors (Lipinski definition) is 3. The zero-order valence-corrected chi connectivity index (χ0v) is 12.7. The van der Waals surface area contributed by atoms with Gasteiger partial charge in [-0.05, 0) is 24.8 Å². The molecule has 20 heavy (non-hydrogen) atoms. The van der Waals surface area contributed by atoms with E-state index in [2.05, 4.69) is 5.32 Å². The molecule has 1 aromatic carbocycles. The van der Waals surface area contributed by atoms with Crippen LogP contribution >= 0.6 is 23.2 Å². The van der Waals surface area contributed by atoms with Crippen molar-refractivity contribution in [2.75, 3.05) is 11.9 Å². The molecule has 1 aliphatic rings. The molecule has 6 heteroatoms. The Kier molecular flexibility index (Phi) is 5.49. The fourth-order valence-electron chi connectivity index (χ4n) is 2.74. The minimum atomic E-state index is -0.443. The Bertz CT molecular complexity index is 488. The molecule has 1 aliphatic carbocycles. The van der Waals surface area contributed by atoms with Crippen LogP contribution in [0, 0.1) is 16.0 Å². The van der Waals surface area contributed by atoms with Crippen LogP contribution in [0.5, 0.6) is 0 Å². The van der Waals surface area contributed by atoms with Crippen molar-refractivity contribution in [2.45, 2.75) is 38.5 Å². The highest BCUT2D eigenvalue weighted by molar-refractivity contribution is 6.42. The molecule has 0 spiro atoms. The number of nitro groups is 1. The summed E-state index contributed by atoms with van der Waals surface area (Å²) in [5.74, 6) is 0.834. The van der Waals surface area contributed by atoms with Crippen molar-refractivity contribution in [3.8, 4) is 0 Å². The second-order valence-corrected chi connectivity index (χ2v) is 6.07. The lowest BCUT2D eigenvalue weighted by atomic mass is 10.0. The topological polar surface area (TPSA) is 55.2 Å². The first-order valence-corrected chi connectivity index (χ1v) is 7.71. The highest BCUT2D eigenvalue weighted by atomic mass is 35.5. The standard InChI is InChI=1S/C14H18Cl2N2O2/c15-11-8-13(14(18(19)20)9-12(11)16)17-7-3-6-10-4-1-2-5-10/h8-10,17H,1-7H2. The molecule has 0 amide bonds. The summed E-state index contributed by atoms with van der Waals surface area (Å²) in [4.78, 5) is 10.5. The van der Waals surface area contributed by atoms with Gasteiger partial charge in [0, 0.05) is 12.6 Å². The predicted octanol–water partition coefficient (Wildman–Crippen LogP) is 5.28. The summed E-state index contributed by atoms with van der Waals surface area (Å²) in [6.45, 7) is 0.718. The van der Waals surface area contributed by atoms with Crippen molar-refractivity contribution in [3.05, 3.63) is 32.3 Å². The average Bonchev–Trinajstić information content (AvgIpc) is 2.91. The van der Waals surface area contributed by atoms with Crippen LogP contribution in [0.15, 0.2) is 12.1 Å². The van der Waals surface area contributed by atoms with Crippen molar-refractivity contribution in [1.82, 2.24) is 0 Å². The molecule has 110 valence electrons. The molecule has 0 bridgehead atoms. The van der Waals surface area contributed by atoms with Gasteiger partial charge < -0.3 is 5.32 Å². The summed E-state index contributed by atoms with van der Waals surface area (Å²) in [5, 5.41) is 14.6. The highest BCUT2D eigenvalue weighted by Gasteiger charge is 2.17. The third kappa shape index (κ3) is 4.00. The molecule has 1 aromatic rings. The first-order valence-electron chi connectivity index (χ1n) is 6.95. The smallest absolute Gasteiger partial charge is 0.293 e. The molecule has 0 radical (unpaired) electrons. The van der Waals surface area contributed by atoms with E-state index in [4.69, 9.17) is 23.2 Å². The Morgan fingerprint density at radius 3 is 2.55 bits per heavy atom. The molecule has 1 saturated carbocycles. The van der Waals surface area contributed by atoms with Gasteiger partial charge in [0.1, 0.15) is 5.69 Å². The minimum Gasteiger partial charge on any atom is -0.379 e. The molecule has 0 aliphatic heterocycles. The van der Waals surface area contributed by atoms with Gasteiger partial charge in [-0.2, -0.15) is 0 Å². The maximum atomic E-state index is 11.0. The maximum absolute atomic E-state index is 11.0. The van der Waals surface area contributed by atoms with Crippen LogP contribution in [-0.4, -0.2) is 11.5 Å². The molecular formula is C14H18Cl2N2O2. The Hall–Kier alpha value is -1.00. The number of nitro benzene ring substituents is 1. The molecule has 1 N–H and O–H groups in total. The first-order chi connectivity index (χ1) is 9.58. The molecule has 0 aromatic heterocycles. The number of benzene rings is 1. The van der Waals surface area contributed by atoms with Crippen LogP contribution in [0.4, 0.5) is 11.4 Å². The lowest BCUT2D eigenvalue weighted by molar-refractivity contribution is -0.383. The predicted molar refractivity (Wildman–Crippen MR) is 82.8 cm³/mol. The van der Waals surface area contributed by atoms with Gasteiger partial charge in [0.15, 0.2) is 0 Å². The number of halogens is 2. The van der Waals surface area contributed by atoms with E-state index in [0.717, 1.165) is 18.9 Å². The van der Waals surface area contributed by atoms with E-state index < -0.39 is 4.92 Å². The SMILES string of the molecule is O=[N+]([O-])c1cc(Cl)c(Cl)cc1NCCCC1CCCC1. The number of nitrogens with one attached hydrogen (secondary N) is 1. The second kappa shape index (κ2) is 7.14. The quantitative estimate of drug-likeness (QED) is 0.441. The number of rotatable bonds is 6. The number of hydrogen-bond donors (Lipinski definition) is 1. The third-order valence-electron chi connectivity index (χ3n) is 3.81. The summed E-state index contributed by atoms with van der Waals surface area (Å²) in [7, 11) is 0. The van der Waals surface area contributed by atoms with Gasteiger partial charge in [-0.3, -0.25) is 10.1 Å². The summed E-state index contributed by atoms with van der Waals surface area (Å²) in [5.41, 5.74) is 0.413. The fraction of sp³-hybridized carbons (Fsp3) is 0.571. The van der Waals surface area contributed by atoms with Crippen molar-refractivity contribution in [2.24, 2.45) is 5.92 Å². The first kappa shape index (κ1) is 15.4. The average molecular weight is 317 g/mol. The monoisotopic (exact) mass is 316 g/mol. The van der Waals surface area contributed by atoms with Crippen molar-refractivity contribution < 1.29 is 4.92 Å². The minimum absolute atomic E-state index is 0.0275. The van der Waals surface area contributed by atoms with Gasteiger partial charge in [0.2, 0.25) is 0 Å². The fourth-order valence-corrected chi connectivity index (χ4v) is 3.06. The summed E-state index contributed by atoms with van der Waals surface area (Å²) < 4.78 is 0. The molecular weight excluding hydrogens is 299 g/mol. The van der Waals surface area contributed by atoms with Crippen molar-refractivity contribution in [3.63, 3.8) is 0 Å². The number of nitrogens with zero attached hydrogens (tertiary/aromatic N) is 1. The Labute approximate surface area is 128 Å². The van der Waals surface area contributed by atoms with E-state index in [1.54, 1.807) is 0 Å². The zero-order chi connectivity index (χ0) is 14.5. The van der Waals surface area contributed by atoms with Gasteiger partial charge >= 0.3 is 0 Å². The molecule has 2 rings (SSSR count). The summed E-state index contributed by atoms with van der Waals surface area (Å²) >= 11 is 11.7. The van der Waals surface area contributed by atoms with E-state index in [-0.39, 0.29) is 10.7 Å². The van der Waals surface area contributed by atoms with Gasteiger partial charge in [0.25, 0.3) is 5.69 Å². The van der Waals surface area contributed by atoms with E-state index in [9.17, 15) is 10.1 Å². The van der Waals surface area contributed by atoms with E-state index >= 15 is 0 Å². The van der Waals surface area contributed by atoms with E-state index in [1.807, 2.05) is 0 Å². The molecule has 0 saturated heterocycles. The normalized spacial score (nSPS) is 15.5. The van der Waals surface area contributed by atoms with Crippen LogP contribution in [0.2, 0.25) is 10.0 Å². The van der Waals surface area contributed by atoms with Crippen molar-refractivity contribution in [1.29, 1.82) is 0 Å². The third-order valence-corrected chi connectivity index (χ3v) is 4.54. The summed E-state index contributed by atoms with van der Waals surface area (Å²) in [6.07, 6.45) is 7.54. The van der Waals surface area contributed by atoms with Gasteiger partial charge in [-0.1, -0.05) is 48.9 Å². The van der Waals surface area contributed by atoms with Crippen LogP contribution < -0.4 is 5.32 Å². The van der Waals surface area contributed by atoms with Gasteiger partial charge in [-0.15, -0.1) is 0 Å². The largest absolute Gasteiger partial charge is 0.379 e. The lowest BCUT2D eigenvalue weighted by Gasteiger charge is -2.11. The van der Waals surface area contributed by atoms with Crippen LogP contribution in [0.1, 0.15) is 38.5 Å². The van der Waals surface area contributed by atoms with Crippen LogP contribution in [-0.2, 0) is 0 Å². The van der Waals surface area contributed by atoms with Gasteiger partial charge in [-0.25, -0.2) is 0 Å². The van der Waals surface area contributed by atoms with E-state index in [0.29, 0.717) is 10.7 Å². The number of anilines is 1. The molecule has 1 fully saturated rings. The van der Waals surface area contributed by atoms with Gasteiger partial charge in [0.05, 0.1) is 15.0 Å². The maximum Gasteiger partial charge on any atom is 0.293 e. The Morgan fingerprint density at radius 1 is 1.25 bits per heavy atom. The second-order valence-electron chi connectivity index (χ2n) is 5.26. The van der Waals surface area contributed by atoms with Crippen LogP contribution in [0.3, 0.4) is 0 Å². The van der Waals surface area contributed by atoms with Crippen LogP contribution in [0.25, 0.3) is 0 Å². The van der Waals surface area contributed by atoms with E-state index in [1.165, 1.54) is 44.2 Å². The van der Waals surface area contributed by atoms with Crippen molar-refractivity contribution >= 4 is 34.6 Å². The molecule has 0 heterocycles. The highest BCUT2D eigenvalue weighted by Crippen LogP contribution is 2.34. The molecule has 0 atom stereocenters. The molecule has 4 nitrogen and oxygen atoms in total. The summed E-state index contributed by atoms with van der Waals surface area (Å²) in [6, 6.07) is 2.82. The molecule has 0 unspecified atom stereocenters.